The molecule has 0 saturated heterocycles. The van der Waals surface area contributed by atoms with E-state index in [1.165, 1.54) is 24.3 Å². The number of rotatable bonds is 4. The molecule has 1 N–H and O–H groups in total. The number of halogens is 2. The number of amides is 1. The van der Waals surface area contributed by atoms with Crippen LogP contribution in [0.1, 0.15) is 5.56 Å². The first-order chi connectivity index (χ1) is 10.6. The van der Waals surface area contributed by atoms with Crippen molar-refractivity contribution in [3.8, 4) is 17.6 Å². The summed E-state index contributed by atoms with van der Waals surface area (Å²) in [6.45, 7) is 0.0379. The highest BCUT2D eigenvalue weighted by molar-refractivity contribution is 6.31. The summed E-state index contributed by atoms with van der Waals surface area (Å²) < 4.78 is 17.9. The molecule has 112 valence electrons. The lowest BCUT2D eigenvalue weighted by atomic mass is 10.2. The van der Waals surface area contributed by atoms with Crippen LogP contribution in [0.4, 0.5) is 4.39 Å². The fourth-order valence-corrected chi connectivity index (χ4v) is 1.76. The van der Waals surface area contributed by atoms with Crippen LogP contribution >= 0.6 is 11.6 Å². The van der Waals surface area contributed by atoms with Gasteiger partial charge < -0.3 is 10.1 Å². The maximum atomic E-state index is 12.7. The Labute approximate surface area is 133 Å². The predicted molar refractivity (Wildman–Crippen MR) is 83.2 cm³/mol. The molecule has 5 heteroatoms. The molecule has 0 radical (unpaired) electrons. The molecular weight excluding hydrogens is 305 g/mol. The molecule has 0 heterocycles. The molecule has 0 fully saturated rings. The Morgan fingerprint density at radius 3 is 2.64 bits per heavy atom. The predicted octanol–water partition coefficient (Wildman–Crippen LogP) is 3.03. The first-order valence-corrected chi connectivity index (χ1v) is 6.91. The van der Waals surface area contributed by atoms with Crippen molar-refractivity contribution in [2.75, 3.05) is 13.2 Å². The van der Waals surface area contributed by atoms with E-state index in [4.69, 9.17) is 16.3 Å². The standard InChI is InChI=1S/C17H13ClFNO2/c18-16-6-2-1-4-13(16)5-3-11-20-17(21)12-22-15-9-7-14(19)8-10-15/h1-2,4,6-10H,11-12H2,(H,20,21). The fourth-order valence-electron chi connectivity index (χ4n) is 1.58. The van der Waals surface area contributed by atoms with Gasteiger partial charge in [0.25, 0.3) is 5.91 Å². The lowest BCUT2D eigenvalue weighted by Crippen LogP contribution is -2.29. The molecule has 2 aromatic rings. The fraction of sp³-hybridized carbons (Fsp3) is 0.118. The van der Waals surface area contributed by atoms with Gasteiger partial charge in [-0.3, -0.25) is 4.79 Å². The summed E-state index contributed by atoms with van der Waals surface area (Å²) in [5, 5.41) is 3.17. The molecule has 0 atom stereocenters. The van der Waals surface area contributed by atoms with Crippen molar-refractivity contribution in [3.63, 3.8) is 0 Å². The zero-order valence-corrected chi connectivity index (χ0v) is 12.4. The quantitative estimate of drug-likeness (QED) is 0.880. The molecule has 2 rings (SSSR count). The maximum Gasteiger partial charge on any atom is 0.258 e. The number of benzene rings is 2. The Morgan fingerprint density at radius 1 is 1.18 bits per heavy atom. The second-order valence-electron chi connectivity index (χ2n) is 4.30. The van der Waals surface area contributed by atoms with Crippen LogP contribution in [-0.4, -0.2) is 19.1 Å². The van der Waals surface area contributed by atoms with Gasteiger partial charge in [0.15, 0.2) is 6.61 Å². The highest BCUT2D eigenvalue weighted by Gasteiger charge is 2.01. The molecule has 0 aliphatic carbocycles. The normalized spacial score (nSPS) is 9.55. The second-order valence-corrected chi connectivity index (χ2v) is 4.71. The van der Waals surface area contributed by atoms with Gasteiger partial charge in [-0.2, -0.15) is 0 Å². The molecule has 1 amide bonds. The average Bonchev–Trinajstić information content (AvgIpc) is 2.52. The molecule has 22 heavy (non-hydrogen) atoms. The zero-order valence-electron chi connectivity index (χ0n) is 11.6. The molecule has 2 aromatic carbocycles. The summed E-state index contributed by atoms with van der Waals surface area (Å²) in [5.74, 6) is 5.44. The molecule has 0 bridgehead atoms. The summed E-state index contributed by atoms with van der Waals surface area (Å²) in [5.41, 5.74) is 0.709. The van der Waals surface area contributed by atoms with Gasteiger partial charge in [-0.25, -0.2) is 4.39 Å². The Kier molecular flexibility index (Phi) is 5.81. The topological polar surface area (TPSA) is 38.3 Å². The molecule has 0 aromatic heterocycles. The SMILES string of the molecule is O=C(COc1ccc(F)cc1)NCC#Cc1ccccc1Cl. The minimum atomic E-state index is -0.355. The van der Waals surface area contributed by atoms with Gasteiger partial charge in [0.2, 0.25) is 0 Å². The van der Waals surface area contributed by atoms with Crippen molar-refractivity contribution < 1.29 is 13.9 Å². The smallest absolute Gasteiger partial charge is 0.258 e. The molecule has 0 aliphatic rings. The van der Waals surface area contributed by atoms with E-state index in [2.05, 4.69) is 17.2 Å². The van der Waals surface area contributed by atoms with Crippen molar-refractivity contribution in [2.45, 2.75) is 0 Å². The number of carbonyl (C=O) groups is 1. The van der Waals surface area contributed by atoms with Gasteiger partial charge in [-0.15, -0.1) is 0 Å². The zero-order chi connectivity index (χ0) is 15.8. The van der Waals surface area contributed by atoms with E-state index >= 15 is 0 Å². The third-order valence-electron chi connectivity index (χ3n) is 2.65. The van der Waals surface area contributed by atoms with Gasteiger partial charge in [-0.1, -0.05) is 35.6 Å². The van der Waals surface area contributed by atoms with Crippen molar-refractivity contribution in [3.05, 3.63) is 64.9 Å². The number of nitrogens with one attached hydrogen (secondary N) is 1. The first kappa shape index (κ1) is 15.9. The van der Waals surface area contributed by atoms with Crippen LogP contribution < -0.4 is 10.1 Å². The molecule has 0 spiro atoms. The largest absolute Gasteiger partial charge is 0.484 e. The van der Waals surface area contributed by atoms with Crippen molar-refractivity contribution >= 4 is 17.5 Å². The lowest BCUT2D eigenvalue weighted by molar-refractivity contribution is -0.122. The van der Waals surface area contributed by atoms with Crippen molar-refractivity contribution in [2.24, 2.45) is 0 Å². The monoisotopic (exact) mass is 317 g/mol. The number of hydrogen-bond donors (Lipinski definition) is 1. The number of carbonyl (C=O) groups excluding carboxylic acids is 1. The summed E-state index contributed by atoms with van der Waals surface area (Å²) in [6, 6.07) is 12.7. The molecule has 0 saturated carbocycles. The van der Waals surface area contributed by atoms with Gasteiger partial charge in [0, 0.05) is 5.56 Å². The van der Waals surface area contributed by atoms with Crippen LogP contribution in [0.15, 0.2) is 48.5 Å². The lowest BCUT2D eigenvalue weighted by Gasteiger charge is -2.05. The van der Waals surface area contributed by atoms with Crippen molar-refractivity contribution in [1.82, 2.24) is 5.32 Å². The Balaban J connectivity index is 1.74. The maximum absolute atomic E-state index is 12.7. The summed E-state index contributed by atoms with van der Waals surface area (Å²) in [7, 11) is 0. The van der Waals surface area contributed by atoms with E-state index in [0.29, 0.717) is 16.3 Å². The average molecular weight is 318 g/mol. The minimum absolute atomic E-state index is 0.153. The van der Waals surface area contributed by atoms with Gasteiger partial charge in [-0.05, 0) is 36.4 Å². The third kappa shape index (κ3) is 5.12. The van der Waals surface area contributed by atoms with Crippen LogP contribution in [0, 0.1) is 17.7 Å². The van der Waals surface area contributed by atoms with Crippen LogP contribution in [0.3, 0.4) is 0 Å². The van der Waals surface area contributed by atoms with Crippen molar-refractivity contribution in [1.29, 1.82) is 0 Å². The third-order valence-corrected chi connectivity index (χ3v) is 2.98. The van der Waals surface area contributed by atoms with E-state index in [9.17, 15) is 9.18 Å². The first-order valence-electron chi connectivity index (χ1n) is 6.53. The van der Waals surface area contributed by atoms with E-state index in [1.54, 1.807) is 12.1 Å². The Morgan fingerprint density at radius 2 is 1.91 bits per heavy atom. The van der Waals surface area contributed by atoms with Gasteiger partial charge >= 0.3 is 0 Å². The highest BCUT2D eigenvalue weighted by Crippen LogP contribution is 2.13. The van der Waals surface area contributed by atoms with E-state index in [1.807, 2.05) is 12.1 Å². The van der Waals surface area contributed by atoms with E-state index < -0.39 is 0 Å². The number of hydrogen-bond acceptors (Lipinski definition) is 2. The van der Waals surface area contributed by atoms with E-state index in [0.717, 1.165) is 0 Å². The summed E-state index contributed by atoms with van der Waals surface area (Å²) in [4.78, 5) is 11.6. The minimum Gasteiger partial charge on any atom is -0.484 e. The molecule has 0 unspecified atom stereocenters. The Hall–Kier alpha value is -2.51. The second kappa shape index (κ2) is 8.06. The molecule has 0 aliphatic heterocycles. The van der Waals surface area contributed by atoms with Crippen LogP contribution in [0.5, 0.6) is 5.75 Å². The summed E-state index contributed by atoms with van der Waals surface area (Å²) in [6.07, 6.45) is 0. The molecule has 3 nitrogen and oxygen atoms in total. The number of ether oxygens (including phenoxy) is 1. The van der Waals surface area contributed by atoms with Crippen LogP contribution in [-0.2, 0) is 4.79 Å². The highest BCUT2D eigenvalue weighted by atomic mass is 35.5. The van der Waals surface area contributed by atoms with Crippen LogP contribution in [0.25, 0.3) is 0 Å². The van der Waals surface area contributed by atoms with Gasteiger partial charge in [0.1, 0.15) is 11.6 Å². The van der Waals surface area contributed by atoms with Crippen LogP contribution in [0.2, 0.25) is 5.02 Å². The van der Waals surface area contributed by atoms with E-state index in [-0.39, 0.29) is 24.9 Å². The Bertz CT molecular complexity index is 705. The molecular formula is C17H13ClFNO2. The summed E-state index contributed by atoms with van der Waals surface area (Å²) >= 11 is 5.96. The van der Waals surface area contributed by atoms with Gasteiger partial charge in [0.05, 0.1) is 11.6 Å².